The highest BCUT2D eigenvalue weighted by molar-refractivity contribution is 5.92. The summed E-state index contributed by atoms with van der Waals surface area (Å²) in [7, 11) is 0. The van der Waals surface area contributed by atoms with Crippen molar-refractivity contribution in [3.63, 3.8) is 0 Å². The van der Waals surface area contributed by atoms with Crippen molar-refractivity contribution in [1.29, 1.82) is 0 Å². The number of carboxylic acids is 2. The third-order valence-electron chi connectivity index (χ3n) is 4.41. The molecule has 1 fully saturated rings. The van der Waals surface area contributed by atoms with Gasteiger partial charge in [0.05, 0.1) is 12.4 Å². The Kier molecular flexibility index (Phi) is 6.88. The Balaban J connectivity index is 2.06. The van der Waals surface area contributed by atoms with Crippen LogP contribution in [-0.2, 0) is 25.6 Å². The lowest BCUT2D eigenvalue weighted by Crippen LogP contribution is -2.55. The molecule has 6 N–H and O–H groups in total. The van der Waals surface area contributed by atoms with Crippen LogP contribution in [0, 0.1) is 0 Å². The smallest absolute Gasteiger partial charge is 0.326 e. The minimum atomic E-state index is -1.15. The molecule has 27 heavy (non-hydrogen) atoms. The normalized spacial score (nSPS) is 18.7. The Morgan fingerprint density at radius 1 is 1.37 bits per heavy atom. The van der Waals surface area contributed by atoms with Crippen LogP contribution in [0.4, 0.5) is 0 Å². The molecule has 148 valence electrons. The van der Waals surface area contributed by atoms with Crippen LogP contribution in [0.25, 0.3) is 0 Å². The van der Waals surface area contributed by atoms with Crippen LogP contribution in [-0.4, -0.2) is 73.5 Å². The molecule has 0 saturated carbocycles. The molecule has 0 aliphatic carbocycles. The molecule has 0 bridgehead atoms. The molecule has 1 aliphatic rings. The van der Waals surface area contributed by atoms with E-state index in [-0.39, 0.29) is 25.8 Å². The zero-order valence-electron chi connectivity index (χ0n) is 14.6. The second-order valence-corrected chi connectivity index (χ2v) is 6.41. The molecule has 2 heterocycles. The molecule has 3 atom stereocenters. The minimum absolute atomic E-state index is 0.153. The number of hydrogen-bond donors (Lipinski definition) is 5. The number of aliphatic carboxylic acids is 2. The molecule has 11 nitrogen and oxygen atoms in total. The van der Waals surface area contributed by atoms with E-state index in [9.17, 15) is 24.3 Å². The summed E-state index contributed by atoms with van der Waals surface area (Å²) in [6.45, 7) is 0.245. The van der Waals surface area contributed by atoms with Gasteiger partial charge in [-0.1, -0.05) is 0 Å². The van der Waals surface area contributed by atoms with Crippen molar-refractivity contribution in [3.05, 3.63) is 18.2 Å². The largest absolute Gasteiger partial charge is 0.481 e. The Morgan fingerprint density at radius 2 is 2.11 bits per heavy atom. The summed E-state index contributed by atoms with van der Waals surface area (Å²) in [4.78, 5) is 55.1. The molecule has 0 spiro atoms. The third-order valence-corrected chi connectivity index (χ3v) is 4.41. The molecule has 1 aliphatic heterocycles. The number of aromatic amines is 1. The maximum Gasteiger partial charge on any atom is 0.326 e. The van der Waals surface area contributed by atoms with Crippen molar-refractivity contribution in [3.8, 4) is 0 Å². The van der Waals surface area contributed by atoms with Gasteiger partial charge < -0.3 is 31.1 Å². The highest BCUT2D eigenvalue weighted by Gasteiger charge is 2.38. The summed E-state index contributed by atoms with van der Waals surface area (Å²) in [5.74, 6) is -3.48. The number of nitrogens with zero attached hydrogens (tertiary/aromatic N) is 2. The number of rotatable bonds is 9. The molecule has 1 saturated heterocycles. The van der Waals surface area contributed by atoms with E-state index in [0.29, 0.717) is 18.5 Å². The fraction of sp³-hybridized carbons (Fsp3) is 0.562. The zero-order chi connectivity index (χ0) is 20.0. The van der Waals surface area contributed by atoms with E-state index in [2.05, 4.69) is 15.3 Å². The van der Waals surface area contributed by atoms with Gasteiger partial charge in [0.2, 0.25) is 11.8 Å². The van der Waals surface area contributed by atoms with Crippen molar-refractivity contribution in [2.24, 2.45) is 5.73 Å². The van der Waals surface area contributed by atoms with Gasteiger partial charge in [0.1, 0.15) is 12.1 Å². The third kappa shape index (κ3) is 5.51. The highest BCUT2D eigenvalue weighted by atomic mass is 16.4. The fourth-order valence-corrected chi connectivity index (χ4v) is 3.02. The highest BCUT2D eigenvalue weighted by Crippen LogP contribution is 2.19. The molecular formula is C16H23N5O6. The SMILES string of the molecule is N[C@@H](Cc1cnc[nH]1)C(=O)N[C@@H](CCC(=O)O)C(=O)N1CCC[C@@H]1C(=O)O. The Hall–Kier alpha value is -2.95. The lowest BCUT2D eigenvalue weighted by Gasteiger charge is -2.27. The molecular weight excluding hydrogens is 358 g/mol. The molecule has 11 heteroatoms. The number of amides is 2. The summed E-state index contributed by atoms with van der Waals surface area (Å²) in [5, 5.41) is 20.6. The predicted octanol–water partition coefficient (Wildman–Crippen LogP) is -1.30. The number of carbonyl (C=O) groups is 4. The first kappa shape index (κ1) is 20.4. The van der Waals surface area contributed by atoms with E-state index in [1.165, 1.54) is 17.4 Å². The quantitative estimate of drug-likeness (QED) is 0.350. The molecule has 1 aromatic rings. The molecule has 2 rings (SSSR count). The summed E-state index contributed by atoms with van der Waals surface area (Å²) < 4.78 is 0. The van der Waals surface area contributed by atoms with Crippen LogP contribution < -0.4 is 11.1 Å². The van der Waals surface area contributed by atoms with Crippen LogP contribution in [0.1, 0.15) is 31.4 Å². The molecule has 0 unspecified atom stereocenters. The Morgan fingerprint density at radius 3 is 2.70 bits per heavy atom. The lowest BCUT2D eigenvalue weighted by molar-refractivity contribution is -0.150. The van der Waals surface area contributed by atoms with Gasteiger partial charge in [-0.15, -0.1) is 0 Å². The van der Waals surface area contributed by atoms with E-state index in [1.54, 1.807) is 0 Å². The number of nitrogens with two attached hydrogens (primary N) is 1. The van der Waals surface area contributed by atoms with Gasteiger partial charge in [-0.2, -0.15) is 0 Å². The van der Waals surface area contributed by atoms with Crippen LogP contribution in [0.15, 0.2) is 12.5 Å². The minimum Gasteiger partial charge on any atom is -0.481 e. The van der Waals surface area contributed by atoms with Gasteiger partial charge >= 0.3 is 11.9 Å². The summed E-state index contributed by atoms with van der Waals surface area (Å²) >= 11 is 0. The topological polar surface area (TPSA) is 179 Å². The zero-order valence-corrected chi connectivity index (χ0v) is 14.6. The summed E-state index contributed by atoms with van der Waals surface area (Å²) in [6, 6.07) is -3.10. The van der Waals surface area contributed by atoms with Crippen molar-refractivity contribution in [2.45, 2.75) is 50.2 Å². The monoisotopic (exact) mass is 381 g/mol. The first-order valence-electron chi connectivity index (χ1n) is 8.58. The second kappa shape index (κ2) is 9.12. The first-order valence-corrected chi connectivity index (χ1v) is 8.58. The average Bonchev–Trinajstić information content (AvgIpc) is 3.28. The standard InChI is InChI=1S/C16H23N5O6/c17-10(6-9-7-18-8-19-9)14(24)20-11(3-4-13(22)23)15(25)21-5-1-2-12(21)16(26)27/h7-8,10-12H,1-6,17H2,(H,18,19)(H,20,24)(H,22,23)(H,26,27)/t10-,11-,12+/m0/s1. The Labute approximate surface area is 154 Å². The average molecular weight is 381 g/mol. The van der Waals surface area contributed by atoms with E-state index in [4.69, 9.17) is 10.8 Å². The van der Waals surface area contributed by atoms with Crippen molar-refractivity contribution in [2.75, 3.05) is 6.54 Å². The predicted molar refractivity (Wildman–Crippen MR) is 91.4 cm³/mol. The number of likely N-dealkylation sites (tertiary alicyclic amines) is 1. The van der Waals surface area contributed by atoms with Gasteiger partial charge in [0, 0.05) is 31.3 Å². The molecule has 2 amide bonds. The first-order chi connectivity index (χ1) is 12.8. The van der Waals surface area contributed by atoms with E-state index in [0.717, 1.165) is 0 Å². The van der Waals surface area contributed by atoms with Crippen LogP contribution in [0.2, 0.25) is 0 Å². The van der Waals surface area contributed by atoms with Gasteiger partial charge in [-0.25, -0.2) is 9.78 Å². The van der Waals surface area contributed by atoms with Crippen LogP contribution in [0.3, 0.4) is 0 Å². The summed E-state index contributed by atoms with van der Waals surface area (Å²) in [5.41, 5.74) is 6.48. The van der Waals surface area contributed by atoms with Gasteiger partial charge in [0.15, 0.2) is 0 Å². The van der Waals surface area contributed by atoms with Gasteiger partial charge in [-0.05, 0) is 19.3 Å². The van der Waals surface area contributed by atoms with Crippen molar-refractivity contribution >= 4 is 23.8 Å². The van der Waals surface area contributed by atoms with Gasteiger partial charge in [-0.3, -0.25) is 14.4 Å². The van der Waals surface area contributed by atoms with E-state index >= 15 is 0 Å². The number of carboxylic acid groups (broad SMARTS) is 2. The van der Waals surface area contributed by atoms with Crippen LogP contribution >= 0.6 is 0 Å². The number of hydrogen-bond acceptors (Lipinski definition) is 6. The van der Waals surface area contributed by atoms with E-state index in [1.807, 2.05) is 0 Å². The maximum absolute atomic E-state index is 12.7. The lowest BCUT2D eigenvalue weighted by atomic mass is 10.1. The maximum atomic E-state index is 12.7. The van der Waals surface area contributed by atoms with Crippen molar-refractivity contribution < 1.29 is 29.4 Å². The molecule has 1 aromatic heterocycles. The number of nitrogens with one attached hydrogen (secondary N) is 2. The number of aromatic nitrogens is 2. The molecule has 0 aromatic carbocycles. The van der Waals surface area contributed by atoms with Crippen molar-refractivity contribution in [1.82, 2.24) is 20.2 Å². The number of carbonyl (C=O) groups excluding carboxylic acids is 2. The van der Waals surface area contributed by atoms with Gasteiger partial charge in [0.25, 0.3) is 0 Å². The number of imidazole rings is 1. The Bertz CT molecular complexity index is 691. The second-order valence-electron chi connectivity index (χ2n) is 6.41. The fourth-order valence-electron chi connectivity index (χ4n) is 3.02. The summed E-state index contributed by atoms with van der Waals surface area (Å²) in [6.07, 6.45) is 3.47. The molecule has 0 radical (unpaired) electrons. The van der Waals surface area contributed by atoms with E-state index < -0.39 is 41.9 Å². The van der Waals surface area contributed by atoms with Crippen LogP contribution in [0.5, 0.6) is 0 Å². The number of H-pyrrole nitrogens is 1.